The van der Waals surface area contributed by atoms with Gasteiger partial charge in [0.05, 0.1) is 11.5 Å². The molecule has 0 amide bonds. The molecule has 2 atom stereocenters. The summed E-state index contributed by atoms with van der Waals surface area (Å²) < 4.78 is 0. The summed E-state index contributed by atoms with van der Waals surface area (Å²) in [6, 6.07) is -1.52. The van der Waals surface area contributed by atoms with Crippen molar-refractivity contribution in [2.45, 2.75) is 12.1 Å². The Hall–Kier alpha value is -0.750. The van der Waals surface area contributed by atoms with Crippen molar-refractivity contribution in [3.05, 3.63) is 0 Å². The predicted octanol–water partition coefficient (Wildman–Crippen LogP) is -4.47. The molecule has 12 heavy (non-hydrogen) atoms. The van der Waals surface area contributed by atoms with Crippen molar-refractivity contribution >= 4 is 23.7 Å². The SMILES string of the molecule is O=C([O-])[C@@H]1CSC[C@@H](C(=O)[O-])[NH2+]1. The first kappa shape index (κ1) is 9.34. The average Bonchev–Trinajstić information content (AvgIpc) is 2.04. The summed E-state index contributed by atoms with van der Waals surface area (Å²) in [6.07, 6.45) is 0. The topological polar surface area (TPSA) is 96.9 Å². The van der Waals surface area contributed by atoms with Gasteiger partial charge in [0.2, 0.25) is 0 Å². The van der Waals surface area contributed by atoms with Gasteiger partial charge in [-0.15, -0.1) is 11.8 Å². The van der Waals surface area contributed by atoms with Gasteiger partial charge in [0.15, 0.2) is 0 Å². The molecule has 0 aromatic heterocycles. The van der Waals surface area contributed by atoms with Gasteiger partial charge >= 0.3 is 0 Å². The molecule has 0 radical (unpaired) electrons. The number of carbonyl (C=O) groups excluding carboxylic acids is 2. The summed E-state index contributed by atoms with van der Waals surface area (Å²) in [5.74, 6) is -1.64. The van der Waals surface area contributed by atoms with Crippen LogP contribution in [0.2, 0.25) is 0 Å². The van der Waals surface area contributed by atoms with Crippen molar-refractivity contribution < 1.29 is 25.1 Å². The number of nitrogens with two attached hydrogens (primary N) is 1. The lowest BCUT2D eigenvalue weighted by molar-refractivity contribution is -0.703. The zero-order valence-electron chi connectivity index (χ0n) is 6.19. The Morgan fingerprint density at radius 3 is 1.92 bits per heavy atom. The first-order valence-corrected chi connectivity index (χ1v) is 4.61. The summed E-state index contributed by atoms with van der Waals surface area (Å²) >= 11 is 1.29. The quantitative estimate of drug-likeness (QED) is 0.473. The summed E-state index contributed by atoms with van der Waals surface area (Å²) in [6.45, 7) is 0. The van der Waals surface area contributed by atoms with Crippen LogP contribution in [0, 0.1) is 0 Å². The van der Waals surface area contributed by atoms with Gasteiger partial charge in [-0.3, -0.25) is 0 Å². The molecule has 2 N–H and O–H groups in total. The van der Waals surface area contributed by atoms with Crippen molar-refractivity contribution in [3.63, 3.8) is 0 Å². The smallest absolute Gasteiger partial charge is 0.136 e. The lowest BCUT2D eigenvalue weighted by atomic mass is 10.2. The first-order valence-electron chi connectivity index (χ1n) is 3.45. The van der Waals surface area contributed by atoms with Crippen molar-refractivity contribution in [2.24, 2.45) is 0 Å². The number of aliphatic carboxylic acids is 2. The maximum absolute atomic E-state index is 10.4. The van der Waals surface area contributed by atoms with Gasteiger partial charge in [-0.05, 0) is 0 Å². The number of thioether (sulfide) groups is 1. The number of hydrogen-bond acceptors (Lipinski definition) is 5. The van der Waals surface area contributed by atoms with E-state index in [9.17, 15) is 19.8 Å². The van der Waals surface area contributed by atoms with Gasteiger partial charge in [-0.25, -0.2) is 0 Å². The second-order valence-corrected chi connectivity index (χ2v) is 3.66. The minimum Gasteiger partial charge on any atom is -0.544 e. The Bertz CT molecular complexity index is 188. The van der Waals surface area contributed by atoms with E-state index in [0.29, 0.717) is 11.5 Å². The van der Waals surface area contributed by atoms with Crippen LogP contribution < -0.4 is 15.5 Å². The van der Waals surface area contributed by atoms with E-state index in [0.717, 1.165) is 0 Å². The van der Waals surface area contributed by atoms with Crippen molar-refractivity contribution in [3.8, 4) is 0 Å². The Balaban J connectivity index is 2.51. The van der Waals surface area contributed by atoms with Crippen LogP contribution in [0.3, 0.4) is 0 Å². The highest BCUT2D eigenvalue weighted by Crippen LogP contribution is 2.06. The van der Waals surface area contributed by atoms with Gasteiger partial charge < -0.3 is 25.1 Å². The van der Waals surface area contributed by atoms with E-state index in [4.69, 9.17) is 0 Å². The molecule has 1 rings (SSSR count). The third kappa shape index (κ3) is 2.12. The molecular formula is C6H8NO4S-. The fourth-order valence-corrected chi connectivity index (χ4v) is 2.15. The minimum atomic E-state index is -1.21. The van der Waals surface area contributed by atoms with E-state index >= 15 is 0 Å². The second-order valence-electron chi connectivity index (χ2n) is 2.58. The number of rotatable bonds is 2. The van der Waals surface area contributed by atoms with E-state index in [-0.39, 0.29) is 0 Å². The molecule has 0 aromatic rings. The van der Waals surface area contributed by atoms with Crippen LogP contribution in [0.4, 0.5) is 0 Å². The van der Waals surface area contributed by atoms with E-state index in [1.165, 1.54) is 17.1 Å². The van der Waals surface area contributed by atoms with Crippen LogP contribution in [-0.2, 0) is 9.59 Å². The molecule has 0 unspecified atom stereocenters. The maximum Gasteiger partial charge on any atom is 0.136 e. The third-order valence-corrected chi connectivity index (χ3v) is 2.85. The van der Waals surface area contributed by atoms with Crippen molar-refractivity contribution in [1.29, 1.82) is 0 Å². The predicted molar refractivity (Wildman–Crippen MR) is 36.8 cm³/mol. The third-order valence-electron chi connectivity index (χ3n) is 1.66. The maximum atomic E-state index is 10.4. The van der Waals surface area contributed by atoms with Gasteiger partial charge in [-0.2, -0.15) is 0 Å². The molecule has 0 saturated carbocycles. The zero-order valence-corrected chi connectivity index (χ0v) is 7.00. The van der Waals surface area contributed by atoms with Crippen LogP contribution in [0.1, 0.15) is 0 Å². The standard InChI is InChI=1S/C6H9NO4S/c8-5(9)3-1-12-2-4(7-3)6(10)11/h3-4,7H,1-2H2,(H,8,9)(H,10,11)/p-1/t3-,4-/m0/s1. The highest BCUT2D eigenvalue weighted by molar-refractivity contribution is 7.99. The summed E-state index contributed by atoms with van der Waals surface area (Å²) in [4.78, 5) is 20.7. The fraction of sp³-hybridized carbons (Fsp3) is 0.667. The van der Waals surface area contributed by atoms with Crippen LogP contribution in [-0.4, -0.2) is 35.5 Å². The van der Waals surface area contributed by atoms with Gasteiger partial charge in [0, 0.05) is 0 Å². The van der Waals surface area contributed by atoms with Crippen molar-refractivity contribution in [2.75, 3.05) is 11.5 Å². The summed E-state index contributed by atoms with van der Waals surface area (Å²) in [5, 5.41) is 22.0. The fourth-order valence-electron chi connectivity index (χ4n) is 1.01. The van der Waals surface area contributed by atoms with Crippen LogP contribution in [0.25, 0.3) is 0 Å². The second kappa shape index (κ2) is 3.77. The first-order chi connectivity index (χ1) is 5.61. The molecular weight excluding hydrogens is 182 g/mol. The van der Waals surface area contributed by atoms with Crippen molar-refractivity contribution in [1.82, 2.24) is 0 Å². The molecule has 0 bridgehead atoms. The number of hydrogen-bond donors (Lipinski definition) is 1. The average molecular weight is 190 g/mol. The number of carbonyl (C=O) groups is 2. The molecule has 5 nitrogen and oxygen atoms in total. The molecule has 1 fully saturated rings. The molecule has 1 saturated heterocycles. The highest BCUT2D eigenvalue weighted by Gasteiger charge is 2.26. The van der Waals surface area contributed by atoms with Gasteiger partial charge in [0.1, 0.15) is 24.0 Å². The minimum absolute atomic E-state index is 0.395. The molecule has 0 spiro atoms. The van der Waals surface area contributed by atoms with E-state index in [1.54, 1.807) is 0 Å². The van der Waals surface area contributed by atoms with E-state index in [2.05, 4.69) is 0 Å². The van der Waals surface area contributed by atoms with Crippen LogP contribution >= 0.6 is 11.8 Å². The molecule has 0 aliphatic carbocycles. The lowest BCUT2D eigenvalue weighted by Crippen LogP contribution is -3.02. The molecule has 0 aromatic carbocycles. The molecule has 1 aliphatic heterocycles. The van der Waals surface area contributed by atoms with E-state index in [1.807, 2.05) is 0 Å². The summed E-state index contributed by atoms with van der Waals surface area (Å²) in [7, 11) is 0. The van der Waals surface area contributed by atoms with Crippen LogP contribution in [0.5, 0.6) is 0 Å². The highest BCUT2D eigenvalue weighted by atomic mass is 32.2. The number of carboxylic acid groups (broad SMARTS) is 2. The molecule has 1 aliphatic rings. The van der Waals surface area contributed by atoms with Crippen LogP contribution in [0.15, 0.2) is 0 Å². The molecule has 6 heteroatoms. The van der Waals surface area contributed by atoms with Gasteiger partial charge in [0.25, 0.3) is 0 Å². The van der Waals surface area contributed by atoms with E-state index < -0.39 is 24.0 Å². The molecule has 1 heterocycles. The Labute approximate surface area is 73.1 Å². The number of carboxylic acids is 2. The largest absolute Gasteiger partial charge is 0.544 e. The zero-order chi connectivity index (χ0) is 9.14. The lowest BCUT2D eigenvalue weighted by Gasteiger charge is -2.27. The molecule has 68 valence electrons. The Morgan fingerprint density at radius 2 is 1.58 bits per heavy atom. The summed E-state index contributed by atoms with van der Waals surface area (Å²) in [5.41, 5.74) is 0. The normalized spacial score (nSPS) is 29.7. The monoisotopic (exact) mass is 190 g/mol. The number of quaternary nitrogens is 1. The Kier molecular flexibility index (Phi) is 2.93. The Morgan fingerprint density at radius 1 is 1.17 bits per heavy atom. The van der Waals surface area contributed by atoms with Gasteiger partial charge in [-0.1, -0.05) is 0 Å².